The zero-order valence-electron chi connectivity index (χ0n) is 11.8. The van der Waals surface area contributed by atoms with Gasteiger partial charge in [0.1, 0.15) is 0 Å². The van der Waals surface area contributed by atoms with E-state index in [0.29, 0.717) is 0 Å². The van der Waals surface area contributed by atoms with Gasteiger partial charge < -0.3 is 5.73 Å². The molecule has 2 aromatic rings. The molecule has 2 heteroatoms. The molecule has 0 aliphatic heterocycles. The third-order valence-corrected chi connectivity index (χ3v) is 5.31. The molecule has 1 saturated carbocycles. The van der Waals surface area contributed by atoms with Gasteiger partial charge in [-0.15, -0.1) is 0 Å². The molecule has 0 spiro atoms. The molecule has 1 atom stereocenters. The molecule has 2 N–H and O–H groups in total. The summed E-state index contributed by atoms with van der Waals surface area (Å²) < 4.78 is 1.15. The van der Waals surface area contributed by atoms with Crippen LogP contribution in [0.2, 0.25) is 0 Å². The molecular weight excluding hydrogens is 310 g/mol. The summed E-state index contributed by atoms with van der Waals surface area (Å²) in [6.45, 7) is 0. The lowest BCUT2D eigenvalue weighted by Crippen LogP contribution is -2.17. The van der Waals surface area contributed by atoms with Crippen LogP contribution in [0, 0.1) is 5.92 Å². The average molecular weight is 332 g/mol. The summed E-state index contributed by atoms with van der Waals surface area (Å²) in [5.74, 6) is 0.821. The van der Waals surface area contributed by atoms with Gasteiger partial charge in [0.25, 0.3) is 0 Å². The number of rotatable bonds is 3. The fraction of sp³-hybridized carbons (Fsp3) is 0.444. The van der Waals surface area contributed by atoms with Crippen molar-refractivity contribution in [3.8, 4) is 0 Å². The summed E-state index contributed by atoms with van der Waals surface area (Å²) in [6.07, 6.45) is 8.04. The van der Waals surface area contributed by atoms with Crippen molar-refractivity contribution in [2.75, 3.05) is 0 Å². The number of fused-ring (bicyclic) bond motifs is 1. The molecule has 3 rings (SSSR count). The largest absolute Gasteiger partial charge is 0.324 e. The van der Waals surface area contributed by atoms with E-state index in [2.05, 4.69) is 52.3 Å². The Labute approximate surface area is 129 Å². The molecule has 0 radical (unpaired) electrons. The highest BCUT2D eigenvalue weighted by Gasteiger charge is 2.19. The summed E-state index contributed by atoms with van der Waals surface area (Å²) >= 11 is 3.64. The van der Waals surface area contributed by atoms with Gasteiger partial charge in [0.2, 0.25) is 0 Å². The highest BCUT2D eigenvalue weighted by molar-refractivity contribution is 9.10. The first-order valence-corrected chi connectivity index (χ1v) is 8.48. The highest BCUT2D eigenvalue weighted by atomic mass is 79.9. The van der Waals surface area contributed by atoms with Gasteiger partial charge in [-0.1, -0.05) is 78.4 Å². The van der Waals surface area contributed by atoms with E-state index in [1.54, 1.807) is 0 Å². The maximum Gasteiger partial charge on any atom is 0.0303 e. The third-order valence-electron chi connectivity index (χ3n) is 4.62. The molecule has 20 heavy (non-hydrogen) atoms. The van der Waals surface area contributed by atoms with E-state index in [4.69, 9.17) is 5.73 Å². The molecule has 1 fully saturated rings. The minimum absolute atomic E-state index is 0.163. The van der Waals surface area contributed by atoms with Gasteiger partial charge in [-0.2, -0.15) is 0 Å². The number of benzene rings is 2. The Hall–Kier alpha value is -0.860. The SMILES string of the molecule is NC(CC1CCCCC1)c1ccc(Br)c2ccccc12. The minimum Gasteiger partial charge on any atom is -0.324 e. The fourth-order valence-corrected chi connectivity index (χ4v) is 4.00. The van der Waals surface area contributed by atoms with Crippen molar-refractivity contribution in [3.05, 3.63) is 46.4 Å². The Bertz CT molecular complexity index is 587. The molecule has 1 aliphatic rings. The van der Waals surface area contributed by atoms with E-state index in [-0.39, 0.29) is 6.04 Å². The summed E-state index contributed by atoms with van der Waals surface area (Å²) in [7, 11) is 0. The monoisotopic (exact) mass is 331 g/mol. The summed E-state index contributed by atoms with van der Waals surface area (Å²) in [5.41, 5.74) is 7.83. The third kappa shape index (κ3) is 2.91. The number of hydrogen-bond donors (Lipinski definition) is 1. The van der Waals surface area contributed by atoms with Crippen LogP contribution in [-0.4, -0.2) is 0 Å². The Balaban J connectivity index is 1.87. The molecule has 0 saturated heterocycles. The Morgan fingerprint density at radius 3 is 2.45 bits per heavy atom. The second-order valence-electron chi connectivity index (χ2n) is 6.03. The van der Waals surface area contributed by atoms with Gasteiger partial charge in [0.05, 0.1) is 0 Å². The molecule has 0 amide bonds. The van der Waals surface area contributed by atoms with E-state index in [9.17, 15) is 0 Å². The van der Waals surface area contributed by atoms with E-state index >= 15 is 0 Å². The normalized spacial score (nSPS) is 18.3. The molecule has 106 valence electrons. The van der Waals surface area contributed by atoms with Crippen molar-refractivity contribution in [1.82, 2.24) is 0 Å². The van der Waals surface area contributed by atoms with Crippen LogP contribution in [0.15, 0.2) is 40.9 Å². The van der Waals surface area contributed by atoms with Crippen LogP contribution in [0.4, 0.5) is 0 Å². The Kier molecular flexibility index (Phi) is 4.42. The summed E-state index contributed by atoms with van der Waals surface area (Å²) in [5, 5.41) is 2.56. The first-order chi connectivity index (χ1) is 9.75. The van der Waals surface area contributed by atoms with Gasteiger partial charge >= 0.3 is 0 Å². The summed E-state index contributed by atoms with van der Waals surface area (Å²) in [4.78, 5) is 0. The maximum absolute atomic E-state index is 6.53. The van der Waals surface area contributed by atoms with E-state index in [1.807, 2.05) is 0 Å². The lowest BCUT2D eigenvalue weighted by molar-refractivity contribution is 0.319. The van der Waals surface area contributed by atoms with Crippen molar-refractivity contribution in [2.24, 2.45) is 11.7 Å². The van der Waals surface area contributed by atoms with Crippen LogP contribution in [0.5, 0.6) is 0 Å². The molecule has 0 bridgehead atoms. The fourth-order valence-electron chi connectivity index (χ4n) is 3.52. The smallest absolute Gasteiger partial charge is 0.0303 e. The minimum atomic E-state index is 0.163. The first kappa shape index (κ1) is 14.1. The van der Waals surface area contributed by atoms with Crippen LogP contribution in [0.1, 0.15) is 50.1 Å². The number of hydrogen-bond acceptors (Lipinski definition) is 1. The Morgan fingerprint density at radius 1 is 1.00 bits per heavy atom. The predicted octanol–water partition coefficient (Wildman–Crippen LogP) is 5.57. The van der Waals surface area contributed by atoms with Gasteiger partial charge in [-0.05, 0) is 34.7 Å². The van der Waals surface area contributed by atoms with E-state index in [0.717, 1.165) is 16.8 Å². The van der Waals surface area contributed by atoms with Gasteiger partial charge in [-0.3, -0.25) is 0 Å². The van der Waals surface area contributed by atoms with E-state index in [1.165, 1.54) is 48.4 Å². The molecule has 1 nitrogen and oxygen atoms in total. The maximum atomic E-state index is 6.53. The van der Waals surface area contributed by atoms with Gasteiger partial charge in [-0.25, -0.2) is 0 Å². The van der Waals surface area contributed by atoms with Gasteiger partial charge in [0.15, 0.2) is 0 Å². The van der Waals surface area contributed by atoms with E-state index < -0.39 is 0 Å². The highest BCUT2D eigenvalue weighted by Crippen LogP contribution is 2.35. The lowest BCUT2D eigenvalue weighted by atomic mass is 9.83. The quantitative estimate of drug-likeness (QED) is 0.781. The van der Waals surface area contributed by atoms with Crippen LogP contribution >= 0.6 is 15.9 Å². The molecule has 0 heterocycles. The van der Waals surface area contributed by atoms with Crippen LogP contribution in [-0.2, 0) is 0 Å². The molecule has 2 aromatic carbocycles. The zero-order chi connectivity index (χ0) is 13.9. The molecule has 1 unspecified atom stereocenters. The van der Waals surface area contributed by atoms with Crippen LogP contribution in [0.3, 0.4) is 0 Å². The number of halogens is 1. The summed E-state index contributed by atoms with van der Waals surface area (Å²) in [6, 6.07) is 13.0. The van der Waals surface area contributed by atoms with Crippen molar-refractivity contribution in [3.63, 3.8) is 0 Å². The molecule has 0 aromatic heterocycles. The zero-order valence-corrected chi connectivity index (χ0v) is 13.4. The molecular formula is C18H22BrN. The topological polar surface area (TPSA) is 26.0 Å². The van der Waals surface area contributed by atoms with Crippen molar-refractivity contribution >= 4 is 26.7 Å². The first-order valence-electron chi connectivity index (χ1n) is 7.68. The van der Waals surface area contributed by atoms with Crippen LogP contribution in [0.25, 0.3) is 10.8 Å². The lowest BCUT2D eigenvalue weighted by Gasteiger charge is -2.25. The van der Waals surface area contributed by atoms with Gasteiger partial charge in [0, 0.05) is 10.5 Å². The standard InChI is InChI=1S/C18H22BrN/c19-17-11-10-16(14-8-4-5-9-15(14)17)18(20)12-13-6-2-1-3-7-13/h4-5,8-11,13,18H,1-3,6-7,12,20H2. The number of nitrogens with two attached hydrogens (primary N) is 1. The second kappa shape index (κ2) is 6.28. The van der Waals surface area contributed by atoms with Crippen molar-refractivity contribution in [2.45, 2.75) is 44.6 Å². The van der Waals surface area contributed by atoms with Crippen molar-refractivity contribution < 1.29 is 0 Å². The molecule has 1 aliphatic carbocycles. The second-order valence-corrected chi connectivity index (χ2v) is 6.88. The Morgan fingerprint density at radius 2 is 1.70 bits per heavy atom. The van der Waals surface area contributed by atoms with Crippen molar-refractivity contribution in [1.29, 1.82) is 0 Å². The average Bonchev–Trinajstić information content (AvgIpc) is 2.49. The van der Waals surface area contributed by atoms with Crippen LogP contribution < -0.4 is 5.73 Å². The predicted molar refractivity (Wildman–Crippen MR) is 89.8 cm³/mol.